The van der Waals surface area contributed by atoms with Crippen molar-refractivity contribution in [2.24, 2.45) is 7.05 Å². The Morgan fingerprint density at radius 3 is 2.47 bits per heavy atom. The van der Waals surface area contributed by atoms with Gasteiger partial charge in [-0.25, -0.2) is 27.9 Å². The fourth-order valence-corrected chi connectivity index (χ4v) is 5.02. The first-order valence-electron chi connectivity index (χ1n) is 13.1. The molecule has 1 amide bonds. The Balaban J connectivity index is 1.30. The Morgan fingerprint density at radius 1 is 1.04 bits per heavy atom. The number of aromatic nitrogens is 4. The van der Waals surface area contributed by atoms with Crippen LogP contribution in [0.15, 0.2) is 87.7 Å². The van der Waals surface area contributed by atoms with Crippen molar-refractivity contribution in [3.63, 3.8) is 0 Å². The predicted molar refractivity (Wildman–Crippen MR) is 161 cm³/mol. The van der Waals surface area contributed by atoms with Gasteiger partial charge in [0.1, 0.15) is 29.8 Å². The third-order valence-electron chi connectivity index (χ3n) is 6.75. The van der Waals surface area contributed by atoms with E-state index in [1.165, 1.54) is 48.4 Å². The molecule has 0 aliphatic carbocycles. The number of hydrogen-bond donors (Lipinski definition) is 3. The van der Waals surface area contributed by atoms with E-state index < -0.39 is 46.4 Å². The molecule has 0 spiro atoms. The highest BCUT2D eigenvalue weighted by atomic mass is 32.2. The standard InChI is InChI=1S/C30H22F2N6O6S/c1-37-25-14-33-9-8-19(25)28(41)38(30(37)44)26-7-4-17(13-34-26)10-24(29(42)43)35-27(40)20-11-22(32)23(12-21(20)31)36-45-18-5-2-16(15-39)3-6-18/h2-9,11-15,24,36H,10H2,1H3,(H,35,40)(H,42,43). The van der Waals surface area contributed by atoms with Crippen LogP contribution >= 0.6 is 11.9 Å². The summed E-state index contributed by atoms with van der Waals surface area (Å²) >= 11 is 0.951. The third-order valence-corrected chi connectivity index (χ3v) is 7.58. The first kappa shape index (κ1) is 30.7. The number of aldehydes is 1. The van der Waals surface area contributed by atoms with E-state index in [0.717, 1.165) is 22.6 Å². The number of aliphatic carboxylic acids is 1. The second kappa shape index (κ2) is 12.9. The smallest absolute Gasteiger partial charge is 0.337 e. The van der Waals surface area contributed by atoms with Gasteiger partial charge >= 0.3 is 11.7 Å². The van der Waals surface area contributed by atoms with Gasteiger partial charge in [0.15, 0.2) is 0 Å². The van der Waals surface area contributed by atoms with Crippen molar-refractivity contribution >= 4 is 46.7 Å². The Hall–Kier alpha value is -5.70. The van der Waals surface area contributed by atoms with Gasteiger partial charge in [-0.15, -0.1) is 0 Å². The Bertz CT molecular complexity index is 2070. The lowest BCUT2D eigenvalue weighted by Crippen LogP contribution is -2.42. The summed E-state index contributed by atoms with van der Waals surface area (Å²) in [6, 6.07) is 10.4. The van der Waals surface area contributed by atoms with Crippen LogP contribution in [0.3, 0.4) is 0 Å². The normalized spacial score (nSPS) is 11.6. The first-order valence-corrected chi connectivity index (χ1v) is 13.9. The van der Waals surface area contributed by atoms with Crippen molar-refractivity contribution in [3.8, 4) is 5.82 Å². The summed E-state index contributed by atoms with van der Waals surface area (Å²) in [5, 5.41) is 12.1. The summed E-state index contributed by atoms with van der Waals surface area (Å²) < 4.78 is 34.3. The van der Waals surface area contributed by atoms with Crippen LogP contribution in [0.5, 0.6) is 0 Å². The molecule has 5 rings (SSSR count). The van der Waals surface area contributed by atoms with Crippen molar-refractivity contribution in [2.45, 2.75) is 17.4 Å². The number of nitrogens with one attached hydrogen (secondary N) is 2. The lowest BCUT2D eigenvalue weighted by molar-refractivity contribution is -0.139. The molecule has 0 aliphatic rings. The molecule has 3 aromatic heterocycles. The van der Waals surface area contributed by atoms with Gasteiger partial charge in [0.05, 0.1) is 28.4 Å². The number of carboxylic acid groups (broad SMARTS) is 1. The number of amides is 1. The molecule has 5 aromatic rings. The molecule has 3 N–H and O–H groups in total. The summed E-state index contributed by atoms with van der Waals surface area (Å²) in [4.78, 5) is 70.1. The van der Waals surface area contributed by atoms with Crippen molar-refractivity contribution in [1.29, 1.82) is 0 Å². The number of rotatable bonds is 10. The van der Waals surface area contributed by atoms with Gasteiger partial charge in [-0.05, 0) is 47.8 Å². The SMILES string of the molecule is Cn1c(=O)n(-c2ccc(CC(NC(=O)c3cc(F)c(NSc4ccc(C=O)cc4)cc3F)C(=O)O)cn2)c(=O)c2ccncc21. The van der Waals surface area contributed by atoms with Crippen LogP contribution < -0.4 is 21.3 Å². The van der Waals surface area contributed by atoms with Crippen LogP contribution in [-0.2, 0) is 18.3 Å². The lowest BCUT2D eigenvalue weighted by atomic mass is 10.1. The van der Waals surface area contributed by atoms with Crippen molar-refractivity contribution in [3.05, 3.63) is 122 Å². The molecule has 3 heterocycles. The third kappa shape index (κ3) is 6.47. The van der Waals surface area contributed by atoms with Crippen molar-refractivity contribution < 1.29 is 28.3 Å². The second-order valence-corrected chi connectivity index (χ2v) is 10.6. The van der Waals surface area contributed by atoms with Gasteiger partial charge in [0.2, 0.25) is 0 Å². The largest absolute Gasteiger partial charge is 0.480 e. The van der Waals surface area contributed by atoms with E-state index in [4.69, 9.17) is 0 Å². The number of hydrogen-bond acceptors (Lipinski definition) is 9. The van der Waals surface area contributed by atoms with Crippen LogP contribution in [0.2, 0.25) is 0 Å². The molecule has 15 heteroatoms. The average molecular weight is 633 g/mol. The second-order valence-electron chi connectivity index (χ2n) is 9.67. The van der Waals surface area contributed by atoms with Crippen LogP contribution in [0, 0.1) is 11.6 Å². The van der Waals surface area contributed by atoms with Gasteiger partial charge in [-0.1, -0.05) is 18.2 Å². The number of anilines is 1. The monoisotopic (exact) mass is 632 g/mol. The van der Waals surface area contributed by atoms with E-state index in [0.29, 0.717) is 33.9 Å². The zero-order valence-electron chi connectivity index (χ0n) is 23.2. The minimum Gasteiger partial charge on any atom is -0.480 e. The number of fused-ring (bicyclic) bond motifs is 1. The molecular weight excluding hydrogens is 610 g/mol. The Morgan fingerprint density at radius 2 is 1.80 bits per heavy atom. The topological polar surface area (TPSA) is 165 Å². The average Bonchev–Trinajstić information content (AvgIpc) is 3.04. The zero-order chi connectivity index (χ0) is 32.2. The number of carboxylic acids is 1. The summed E-state index contributed by atoms with van der Waals surface area (Å²) in [7, 11) is 1.48. The van der Waals surface area contributed by atoms with E-state index in [-0.39, 0.29) is 23.3 Å². The van der Waals surface area contributed by atoms with E-state index in [2.05, 4.69) is 20.0 Å². The first-order chi connectivity index (χ1) is 21.6. The zero-order valence-corrected chi connectivity index (χ0v) is 24.0. The molecular formula is C30H22F2N6O6S. The number of aryl methyl sites for hydroxylation is 1. The molecule has 12 nitrogen and oxygen atoms in total. The van der Waals surface area contributed by atoms with Gasteiger partial charge in [-0.3, -0.25) is 23.9 Å². The van der Waals surface area contributed by atoms with Crippen LogP contribution in [0.4, 0.5) is 14.5 Å². The van der Waals surface area contributed by atoms with Crippen LogP contribution in [0.1, 0.15) is 26.3 Å². The quantitative estimate of drug-likeness (QED) is 0.154. The molecule has 0 aliphatic heterocycles. The number of pyridine rings is 2. The highest BCUT2D eigenvalue weighted by Gasteiger charge is 2.24. The minimum absolute atomic E-state index is 0.0126. The molecule has 0 saturated heterocycles. The Labute approximate surface area is 256 Å². The molecule has 0 bridgehead atoms. The fourth-order valence-electron chi connectivity index (χ4n) is 4.37. The molecule has 0 saturated carbocycles. The van der Waals surface area contributed by atoms with E-state index >= 15 is 0 Å². The highest BCUT2D eigenvalue weighted by Crippen LogP contribution is 2.26. The predicted octanol–water partition coefficient (Wildman–Crippen LogP) is 3.12. The fraction of sp³-hybridized carbons (Fsp3) is 0.100. The number of benzene rings is 2. The number of halogens is 2. The van der Waals surface area contributed by atoms with Crippen LogP contribution in [0.25, 0.3) is 16.7 Å². The number of nitrogens with zero attached hydrogens (tertiary/aromatic N) is 4. The summed E-state index contributed by atoms with van der Waals surface area (Å²) in [6.07, 6.45) is 4.42. The molecule has 0 radical (unpaired) electrons. The minimum atomic E-state index is -1.56. The van der Waals surface area contributed by atoms with Gasteiger partial charge in [0.25, 0.3) is 11.5 Å². The van der Waals surface area contributed by atoms with Crippen LogP contribution in [-0.4, -0.2) is 48.4 Å². The summed E-state index contributed by atoms with van der Waals surface area (Å²) in [5.74, 6) is -4.68. The highest BCUT2D eigenvalue weighted by molar-refractivity contribution is 8.00. The van der Waals surface area contributed by atoms with E-state index in [1.807, 2.05) is 0 Å². The lowest BCUT2D eigenvalue weighted by Gasteiger charge is -2.16. The summed E-state index contributed by atoms with van der Waals surface area (Å²) in [5.41, 5.74) is -1.16. The van der Waals surface area contributed by atoms with Crippen molar-refractivity contribution in [2.75, 3.05) is 4.72 Å². The molecule has 228 valence electrons. The maximum atomic E-state index is 14.8. The molecule has 1 unspecified atom stereocenters. The summed E-state index contributed by atoms with van der Waals surface area (Å²) in [6.45, 7) is 0. The van der Waals surface area contributed by atoms with Gasteiger partial charge in [0, 0.05) is 42.4 Å². The maximum Gasteiger partial charge on any atom is 0.337 e. The van der Waals surface area contributed by atoms with E-state index in [9.17, 15) is 37.9 Å². The molecule has 2 aromatic carbocycles. The van der Waals surface area contributed by atoms with Gasteiger partial charge in [-0.2, -0.15) is 0 Å². The number of carbonyl (C=O) groups is 3. The maximum absolute atomic E-state index is 14.8. The van der Waals surface area contributed by atoms with Gasteiger partial charge < -0.3 is 15.1 Å². The molecule has 0 fully saturated rings. The Kier molecular flexibility index (Phi) is 8.81. The number of carbonyl (C=O) groups excluding carboxylic acids is 2. The van der Waals surface area contributed by atoms with E-state index in [1.54, 1.807) is 24.3 Å². The van der Waals surface area contributed by atoms with Crippen molar-refractivity contribution in [1.82, 2.24) is 24.4 Å². The molecule has 45 heavy (non-hydrogen) atoms. The molecule has 1 atom stereocenters.